The lowest BCUT2D eigenvalue weighted by atomic mass is 10.1. The van der Waals surface area contributed by atoms with Crippen LogP contribution >= 0.6 is 11.6 Å². The molecule has 1 heterocycles. The summed E-state index contributed by atoms with van der Waals surface area (Å²) in [6.45, 7) is 0. The number of methoxy groups -OCH3 is 1. The molecule has 144 valence electrons. The number of hydrogen-bond acceptors (Lipinski definition) is 6. The van der Waals surface area contributed by atoms with Crippen molar-refractivity contribution in [1.82, 2.24) is 10.2 Å². The molecule has 0 spiro atoms. The van der Waals surface area contributed by atoms with Crippen LogP contribution in [-0.4, -0.2) is 37.9 Å². The van der Waals surface area contributed by atoms with E-state index in [-0.39, 0.29) is 10.9 Å². The fourth-order valence-electron chi connectivity index (χ4n) is 2.48. The maximum atomic E-state index is 12.6. The van der Waals surface area contributed by atoms with Crippen molar-refractivity contribution in [3.8, 4) is 17.0 Å². The summed E-state index contributed by atoms with van der Waals surface area (Å²) in [5.41, 5.74) is 1.98. The van der Waals surface area contributed by atoms with E-state index >= 15 is 0 Å². The van der Waals surface area contributed by atoms with Crippen LogP contribution < -0.4 is 10.1 Å². The Kier molecular flexibility index (Phi) is 5.62. The summed E-state index contributed by atoms with van der Waals surface area (Å²) < 4.78 is 28.2. The molecule has 0 saturated carbocycles. The van der Waals surface area contributed by atoms with Crippen LogP contribution in [0.3, 0.4) is 0 Å². The smallest absolute Gasteiger partial charge is 0.259 e. The van der Waals surface area contributed by atoms with E-state index in [0.717, 1.165) is 6.26 Å². The fourth-order valence-corrected chi connectivity index (χ4v) is 3.16. The Balaban J connectivity index is 1.86. The second-order valence-corrected chi connectivity index (χ2v) is 8.31. The highest BCUT2D eigenvalue weighted by Crippen LogP contribution is 2.25. The number of anilines is 1. The zero-order valence-electron chi connectivity index (χ0n) is 15.0. The third-order valence-electron chi connectivity index (χ3n) is 3.84. The molecule has 0 aliphatic rings. The molecule has 0 radical (unpaired) electrons. The molecular weight excluding hydrogens is 402 g/mol. The number of halogens is 1. The van der Waals surface area contributed by atoms with Gasteiger partial charge < -0.3 is 10.1 Å². The lowest BCUT2D eigenvalue weighted by molar-refractivity contribution is 0.102. The second kappa shape index (κ2) is 7.95. The van der Waals surface area contributed by atoms with E-state index in [2.05, 4.69) is 15.5 Å². The summed E-state index contributed by atoms with van der Waals surface area (Å²) in [5, 5.41) is 10.8. The molecule has 1 amide bonds. The summed E-state index contributed by atoms with van der Waals surface area (Å²) in [6.07, 6.45) is 1.07. The van der Waals surface area contributed by atoms with Gasteiger partial charge in [-0.1, -0.05) is 23.7 Å². The molecule has 0 aliphatic carbocycles. The van der Waals surface area contributed by atoms with E-state index in [9.17, 15) is 13.2 Å². The van der Waals surface area contributed by atoms with Crippen LogP contribution in [0.25, 0.3) is 11.3 Å². The molecular formula is C19H16ClN3O4S. The summed E-state index contributed by atoms with van der Waals surface area (Å²) in [5.74, 6) is 0.0234. The van der Waals surface area contributed by atoms with Crippen LogP contribution in [-0.2, 0) is 9.84 Å². The average molecular weight is 418 g/mol. The number of nitrogens with zero attached hydrogens (tertiary/aromatic N) is 2. The van der Waals surface area contributed by atoms with Gasteiger partial charge in [0, 0.05) is 22.5 Å². The zero-order valence-corrected chi connectivity index (χ0v) is 16.6. The van der Waals surface area contributed by atoms with Crippen molar-refractivity contribution in [2.45, 2.75) is 5.03 Å². The normalized spacial score (nSPS) is 11.1. The first-order valence-corrected chi connectivity index (χ1v) is 10.3. The Morgan fingerprint density at radius 2 is 1.86 bits per heavy atom. The molecule has 3 rings (SSSR count). The predicted molar refractivity (Wildman–Crippen MR) is 107 cm³/mol. The third kappa shape index (κ3) is 4.47. The van der Waals surface area contributed by atoms with E-state index < -0.39 is 9.84 Å². The lowest BCUT2D eigenvalue weighted by Crippen LogP contribution is -2.13. The van der Waals surface area contributed by atoms with Gasteiger partial charge in [0.15, 0.2) is 14.9 Å². The molecule has 1 aromatic heterocycles. The molecule has 0 unspecified atom stereocenters. The number of ether oxygens (including phenoxy) is 1. The fraction of sp³-hybridized carbons (Fsp3) is 0.105. The van der Waals surface area contributed by atoms with E-state index in [1.54, 1.807) is 42.5 Å². The molecule has 1 N–H and O–H groups in total. The molecule has 28 heavy (non-hydrogen) atoms. The van der Waals surface area contributed by atoms with Gasteiger partial charge in [0.1, 0.15) is 5.75 Å². The number of hydrogen-bond donors (Lipinski definition) is 1. The zero-order chi connectivity index (χ0) is 20.3. The highest BCUT2D eigenvalue weighted by molar-refractivity contribution is 7.90. The van der Waals surface area contributed by atoms with Gasteiger partial charge in [0.2, 0.25) is 0 Å². The SMILES string of the molecule is COc1ccc(Cl)cc1C(=O)Nc1cccc(-c2ccc(S(C)(=O)=O)nn2)c1. The van der Waals surface area contributed by atoms with Gasteiger partial charge in [-0.25, -0.2) is 8.42 Å². The second-order valence-electron chi connectivity index (χ2n) is 5.91. The molecule has 0 atom stereocenters. The highest BCUT2D eigenvalue weighted by atomic mass is 35.5. The minimum Gasteiger partial charge on any atom is -0.496 e. The number of rotatable bonds is 5. The quantitative estimate of drug-likeness (QED) is 0.682. The molecule has 7 nitrogen and oxygen atoms in total. The maximum Gasteiger partial charge on any atom is 0.259 e. The van der Waals surface area contributed by atoms with Crippen LogP contribution in [0.5, 0.6) is 5.75 Å². The Morgan fingerprint density at radius 3 is 2.50 bits per heavy atom. The number of benzene rings is 2. The molecule has 0 aliphatic heterocycles. The van der Waals surface area contributed by atoms with Crippen molar-refractivity contribution in [2.24, 2.45) is 0 Å². The van der Waals surface area contributed by atoms with Gasteiger partial charge in [-0.3, -0.25) is 4.79 Å². The minimum atomic E-state index is -3.42. The van der Waals surface area contributed by atoms with E-state index in [4.69, 9.17) is 16.3 Å². The maximum absolute atomic E-state index is 12.6. The number of carbonyl (C=O) groups excluding carboxylic acids is 1. The topological polar surface area (TPSA) is 98.2 Å². The number of aromatic nitrogens is 2. The molecule has 0 bridgehead atoms. The van der Waals surface area contributed by atoms with Crippen molar-refractivity contribution in [2.75, 3.05) is 18.7 Å². The van der Waals surface area contributed by atoms with Crippen molar-refractivity contribution in [1.29, 1.82) is 0 Å². The van der Waals surface area contributed by atoms with Crippen LogP contribution in [0, 0.1) is 0 Å². The molecule has 2 aromatic carbocycles. The molecule has 3 aromatic rings. The van der Waals surface area contributed by atoms with E-state index in [1.165, 1.54) is 19.2 Å². The first-order valence-electron chi connectivity index (χ1n) is 8.07. The summed E-state index contributed by atoms with van der Waals surface area (Å²) in [4.78, 5) is 12.6. The lowest BCUT2D eigenvalue weighted by Gasteiger charge is -2.10. The third-order valence-corrected chi connectivity index (χ3v) is 5.05. The van der Waals surface area contributed by atoms with Gasteiger partial charge in [-0.05, 0) is 42.5 Å². The Hall–Kier alpha value is -2.97. The van der Waals surface area contributed by atoms with Crippen LogP contribution in [0.4, 0.5) is 5.69 Å². The number of sulfone groups is 1. The minimum absolute atomic E-state index is 0.103. The summed E-state index contributed by atoms with van der Waals surface area (Å²) in [6, 6.07) is 14.7. The average Bonchev–Trinajstić information content (AvgIpc) is 2.67. The van der Waals surface area contributed by atoms with Gasteiger partial charge in [-0.2, -0.15) is 0 Å². The molecule has 0 fully saturated rings. The Bertz CT molecular complexity index is 1130. The largest absolute Gasteiger partial charge is 0.496 e. The monoisotopic (exact) mass is 417 g/mol. The van der Waals surface area contributed by atoms with Crippen molar-refractivity contribution >= 4 is 33.0 Å². The van der Waals surface area contributed by atoms with Crippen LogP contribution in [0.2, 0.25) is 5.02 Å². The Labute approximate surface area is 167 Å². The van der Waals surface area contributed by atoms with Gasteiger partial charge >= 0.3 is 0 Å². The Morgan fingerprint density at radius 1 is 1.07 bits per heavy atom. The van der Waals surface area contributed by atoms with Crippen LogP contribution in [0.1, 0.15) is 10.4 Å². The van der Waals surface area contributed by atoms with E-state index in [1.807, 2.05) is 0 Å². The van der Waals surface area contributed by atoms with Crippen LogP contribution in [0.15, 0.2) is 59.6 Å². The number of amides is 1. The summed E-state index contributed by atoms with van der Waals surface area (Å²) >= 11 is 5.98. The van der Waals surface area contributed by atoms with Gasteiger partial charge in [0.05, 0.1) is 18.4 Å². The van der Waals surface area contributed by atoms with Crippen molar-refractivity contribution in [3.63, 3.8) is 0 Å². The number of carbonyl (C=O) groups is 1. The molecule has 9 heteroatoms. The van der Waals surface area contributed by atoms with Gasteiger partial charge in [0.25, 0.3) is 5.91 Å². The predicted octanol–water partition coefficient (Wildman–Crippen LogP) is 3.46. The number of nitrogens with one attached hydrogen (secondary N) is 1. The first kappa shape index (κ1) is 19.8. The van der Waals surface area contributed by atoms with Gasteiger partial charge in [-0.15, -0.1) is 10.2 Å². The standard InChI is InChI=1S/C19H16ClN3O4S/c1-27-17-8-6-13(20)11-15(17)19(24)21-14-5-3-4-12(10-14)16-7-9-18(23-22-16)28(2,25)26/h3-11H,1-2H3,(H,21,24). The van der Waals surface area contributed by atoms with Crippen molar-refractivity contribution in [3.05, 3.63) is 65.2 Å². The molecule has 0 saturated heterocycles. The highest BCUT2D eigenvalue weighted by Gasteiger charge is 2.14. The first-order chi connectivity index (χ1) is 13.3. The summed E-state index contributed by atoms with van der Waals surface area (Å²) in [7, 11) is -1.95. The van der Waals surface area contributed by atoms with E-state index in [0.29, 0.717) is 33.3 Å². The van der Waals surface area contributed by atoms with Crippen molar-refractivity contribution < 1.29 is 17.9 Å².